The third kappa shape index (κ3) is 3.77. The number of aromatic nitrogens is 3. The maximum absolute atomic E-state index is 13.1. The van der Waals surface area contributed by atoms with E-state index in [-0.39, 0.29) is 24.0 Å². The highest BCUT2D eigenvalue weighted by Gasteiger charge is 2.40. The molecule has 0 aliphatic carbocycles. The Morgan fingerprint density at radius 1 is 1.19 bits per heavy atom. The summed E-state index contributed by atoms with van der Waals surface area (Å²) in [7, 11) is 0. The van der Waals surface area contributed by atoms with Gasteiger partial charge in [0, 0.05) is 57.3 Å². The summed E-state index contributed by atoms with van der Waals surface area (Å²) in [6.07, 6.45) is 9.29. The first-order chi connectivity index (χ1) is 15.0. The summed E-state index contributed by atoms with van der Waals surface area (Å²) in [6.45, 7) is 9.37. The molecule has 164 valence electrons. The molecule has 8 heteroatoms. The molecule has 0 N–H and O–H groups in total. The largest absolute Gasteiger partial charge is 0.372 e. The molecule has 0 unspecified atom stereocenters. The van der Waals surface area contributed by atoms with Crippen molar-refractivity contribution in [3.63, 3.8) is 0 Å². The lowest BCUT2D eigenvalue weighted by molar-refractivity contribution is -0.148. The van der Waals surface area contributed by atoms with E-state index in [1.807, 2.05) is 29.3 Å². The van der Waals surface area contributed by atoms with Gasteiger partial charge in [-0.1, -0.05) is 5.92 Å². The van der Waals surface area contributed by atoms with Crippen LogP contribution in [0.4, 0.5) is 5.82 Å². The average molecular weight is 423 g/mol. The van der Waals surface area contributed by atoms with Crippen molar-refractivity contribution in [1.82, 2.24) is 24.4 Å². The van der Waals surface area contributed by atoms with Crippen LogP contribution in [0.5, 0.6) is 0 Å². The summed E-state index contributed by atoms with van der Waals surface area (Å²) in [5.41, 5.74) is 3.24. The molecule has 2 atom stereocenters. The number of nitrogens with zero attached hydrogens (tertiary/aromatic N) is 6. The number of terminal acetylenes is 1. The van der Waals surface area contributed by atoms with Crippen molar-refractivity contribution >= 4 is 17.4 Å². The maximum atomic E-state index is 13.1. The lowest BCUT2D eigenvalue weighted by Crippen LogP contribution is -2.58. The fraction of sp³-hybridized carbons (Fsp3) is 0.609. The van der Waals surface area contributed by atoms with E-state index < -0.39 is 0 Å². The fourth-order valence-corrected chi connectivity index (χ4v) is 5.15. The number of carbonyl (C=O) groups excluding carboxylic acids is 1. The smallest absolute Gasteiger partial charge is 0.229 e. The Balaban J connectivity index is 1.36. The molecule has 2 fully saturated rings. The number of hydrogen-bond donors (Lipinski definition) is 0. The highest BCUT2D eigenvalue weighted by molar-refractivity contribution is 5.82. The van der Waals surface area contributed by atoms with Crippen LogP contribution in [0.2, 0.25) is 0 Å². The number of amides is 1. The van der Waals surface area contributed by atoms with Gasteiger partial charge in [0.05, 0.1) is 36.6 Å². The molecule has 3 aliphatic heterocycles. The highest BCUT2D eigenvalue weighted by Crippen LogP contribution is 2.33. The number of anilines is 1. The molecule has 0 saturated carbocycles. The molecule has 5 heterocycles. The topological polar surface area (TPSA) is 66.2 Å². The van der Waals surface area contributed by atoms with Crippen LogP contribution < -0.4 is 4.90 Å². The summed E-state index contributed by atoms with van der Waals surface area (Å²) in [6, 6.07) is 1.95. The zero-order valence-electron chi connectivity index (χ0n) is 18.3. The second-order valence-corrected chi connectivity index (χ2v) is 9.04. The van der Waals surface area contributed by atoms with Gasteiger partial charge in [-0.15, -0.1) is 6.42 Å². The van der Waals surface area contributed by atoms with E-state index in [4.69, 9.17) is 16.1 Å². The Labute approximate surface area is 183 Å². The molecular formula is C23H30N6O2. The number of ether oxygens (including phenoxy) is 1. The Morgan fingerprint density at radius 3 is 2.68 bits per heavy atom. The summed E-state index contributed by atoms with van der Waals surface area (Å²) < 4.78 is 7.73. The van der Waals surface area contributed by atoms with Crippen LogP contribution in [-0.2, 0) is 22.4 Å². The lowest BCUT2D eigenvalue weighted by atomic mass is 9.96. The van der Waals surface area contributed by atoms with Gasteiger partial charge in [-0.05, 0) is 20.3 Å². The Kier molecular flexibility index (Phi) is 5.32. The molecule has 31 heavy (non-hydrogen) atoms. The van der Waals surface area contributed by atoms with E-state index in [1.54, 1.807) is 6.20 Å². The Hall–Kier alpha value is -2.63. The minimum Gasteiger partial charge on any atom is -0.372 e. The molecule has 8 nitrogen and oxygen atoms in total. The van der Waals surface area contributed by atoms with E-state index >= 15 is 0 Å². The molecule has 2 aromatic rings. The molecule has 2 aromatic heterocycles. The molecule has 3 aliphatic rings. The van der Waals surface area contributed by atoms with E-state index in [0.717, 1.165) is 56.2 Å². The van der Waals surface area contributed by atoms with Crippen LogP contribution in [0.3, 0.4) is 0 Å². The Morgan fingerprint density at radius 2 is 1.94 bits per heavy atom. The number of morpholine rings is 1. The minimum atomic E-state index is 0.0237. The van der Waals surface area contributed by atoms with Crippen molar-refractivity contribution in [3.05, 3.63) is 23.5 Å². The fourth-order valence-electron chi connectivity index (χ4n) is 5.15. The van der Waals surface area contributed by atoms with Crippen LogP contribution in [0.25, 0.3) is 5.65 Å². The van der Waals surface area contributed by atoms with Crippen molar-refractivity contribution in [1.29, 1.82) is 0 Å². The van der Waals surface area contributed by atoms with Gasteiger partial charge in [0.25, 0.3) is 0 Å². The van der Waals surface area contributed by atoms with Gasteiger partial charge in [-0.2, -0.15) is 9.61 Å². The zero-order valence-corrected chi connectivity index (χ0v) is 18.3. The van der Waals surface area contributed by atoms with E-state index in [1.165, 1.54) is 5.56 Å². The number of hydrogen-bond acceptors (Lipinski definition) is 6. The average Bonchev–Trinajstić information content (AvgIpc) is 3.07. The monoisotopic (exact) mass is 422 g/mol. The summed E-state index contributed by atoms with van der Waals surface area (Å²) in [4.78, 5) is 24.6. The quantitative estimate of drug-likeness (QED) is 0.683. The van der Waals surface area contributed by atoms with Crippen molar-refractivity contribution < 1.29 is 9.53 Å². The van der Waals surface area contributed by atoms with Gasteiger partial charge in [0.1, 0.15) is 5.82 Å². The van der Waals surface area contributed by atoms with E-state index in [2.05, 4.69) is 20.8 Å². The maximum Gasteiger partial charge on any atom is 0.229 e. The normalized spacial score (nSPS) is 25.1. The first kappa shape index (κ1) is 20.3. The minimum absolute atomic E-state index is 0.0237. The number of carbonyl (C=O) groups is 1. The van der Waals surface area contributed by atoms with Crippen molar-refractivity contribution in [2.24, 2.45) is 5.92 Å². The number of rotatable bonds is 3. The molecule has 0 aromatic carbocycles. The number of fused-ring (bicyclic) bond motifs is 2. The van der Waals surface area contributed by atoms with Gasteiger partial charge in [-0.3, -0.25) is 9.69 Å². The molecule has 1 amide bonds. The summed E-state index contributed by atoms with van der Waals surface area (Å²) in [5.74, 6) is 4.13. The van der Waals surface area contributed by atoms with Gasteiger partial charge in [-0.25, -0.2) is 4.98 Å². The third-order valence-electron chi connectivity index (χ3n) is 6.61. The van der Waals surface area contributed by atoms with Gasteiger partial charge < -0.3 is 14.5 Å². The standard InChI is InChI=1S/C23H30N6O2/c1-4-9-26-10-6-19-20(7-11-26)25-21-5-8-24-29(21)22(19)27-14-18(15-27)23(30)28-12-16(2)31-17(3)13-28/h1,5,8,16-18H,6-7,9-15H2,2-3H3/t16-,17+. The molecule has 0 bridgehead atoms. The van der Waals surface area contributed by atoms with Crippen molar-refractivity contribution in [2.75, 3.05) is 50.7 Å². The molecule has 0 spiro atoms. The van der Waals surface area contributed by atoms with Crippen LogP contribution in [0, 0.1) is 18.3 Å². The van der Waals surface area contributed by atoms with Crippen LogP contribution in [0.1, 0.15) is 25.1 Å². The predicted octanol–water partition coefficient (Wildman–Crippen LogP) is 0.835. The second-order valence-electron chi connectivity index (χ2n) is 9.04. The van der Waals surface area contributed by atoms with Crippen LogP contribution >= 0.6 is 0 Å². The Bertz CT molecular complexity index is 1010. The zero-order chi connectivity index (χ0) is 21.5. The summed E-state index contributed by atoms with van der Waals surface area (Å²) in [5, 5.41) is 4.55. The molecule has 5 rings (SSSR count). The third-order valence-corrected chi connectivity index (χ3v) is 6.61. The van der Waals surface area contributed by atoms with Gasteiger partial charge >= 0.3 is 0 Å². The van der Waals surface area contributed by atoms with Gasteiger partial charge in [0.15, 0.2) is 5.65 Å². The lowest BCUT2D eigenvalue weighted by Gasteiger charge is -2.44. The summed E-state index contributed by atoms with van der Waals surface area (Å²) >= 11 is 0. The van der Waals surface area contributed by atoms with E-state index in [9.17, 15) is 4.79 Å². The van der Waals surface area contributed by atoms with Crippen LogP contribution in [0.15, 0.2) is 12.3 Å². The highest BCUT2D eigenvalue weighted by atomic mass is 16.5. The van der Waals surface area contributed by atoms with Crippen molar-refractivity contribution in [3.8, 4) is 12.3 Å². The SMILES string of the molecule is C#CCN1CCc2nc3ccnn3c(N3CC(C(=O)N4C[C@@H](C)O[C@@H](C)C4)C3)c2CC1. The van der Waals surface area contributed by atoms with E-state index in [0.29, 0.717) is 19.6 Å². The van der Waals surface area contributed by atoms with Crippen molar-refractivity contribution in [2.45, 2.75) is 38.9 Å². The first-order valence-corrected chi connectivity index (χ1v) is 11.2. The second kappa shape index (κ2) is 8.13. The predicted molar refractivity (Wildman–Crippen MR) is 118 cm³/mol. The molecule has 2 saturated heterocycles. The van der Waals surface area contributed by atoms with Gasteiger partial charge in [0.2, 0.25) is 5.91 Å². The first-order valence-electron chi connectivity index (χ1n) is 11.2. The molecule has 0 radical (unpaired) electrons. The molecular weight excluding hydrogens is 392 g/mol. The van der Waals surface area contributed by atoms with Crippen LogP contribution in [-0.4, -0.2) is 88.3 Å².